The molecule has 0 spiro atoms. The van der Waals surface area contributed by atoms with E-state index in [-0.39, 0.29) is 5.91 Å². The number of carbonyl (C=O) groups excluding carboxylic acids is 1. The van der Waals surface area contributed by atoms with Gasteiger partial charge in [0.25, 0.3) is 5.91 Å². The molecule has 1 aliphatic heterocycles. The molecule has 1 atom stereocenters. The predicted octanol–water partition coefficient (Wildman–Crippen LogP) is 3.51. The molecule has 0 aliphatic carbocycles. The molecule has 1 aromatic heterocycles. The van der Waals surface area contributed by atoms with Crippen LogP contribution in [-0.4, -0.2) is 28.3 Å². The lowest BCUT2D eigenvalue weighted by molar-refractivity contribution is 0.0788. The highest BCUT2D eigenvalue weighted by Crippen LogP contribution is 2.31. The van der Waals surface area contributed by atoms with E-state index in [9.17, 15) is 4.79 Å². The average Bonchev–Trinajstić information content (AvgIpc) is 3.31. The third kappa shape index (κ3) is 3.08. The van der Waals surface area contributed by atoms with Crippen LogP contribution in [0.2, 0.25) is 0 Å². The number of likely N-dealkylation sites (tertiary alicyclic amines) is 1. The van der Waals surface area contributed by atoms with Gasteiger partial charge in [-0.25, -0.2) is 0 Å². The molecule has 0 radical (unpaired) electrons. The summed E-state index contributed by atoms with van der Waals surface area (Å²) >= 11 is 1.25. The highest BCUT2D eigenvalue weighted by Gasteiger charge is 2.38. The standard InChI is InChI=1S/C20H19N3OS/c21-20(16-9-5-2-6-10-16)11-12-23(14-20)19(24)18-13-17(22-25-18)15-7-3-1-4-8-15/h1-10,13H,11-12,14,21H2. The summed E-state index contributed by atoms with van der Waals surface area (Å²) in [5.74, 6) is 0.0166. The van der Waals surface area contributed by atoms with Gasteiger partial charge in [0, 0.05) is 18.7 Å². The van der Waals surface area contributed by atoms with Crippen LogP contribution < -0.4 is 5.73 Å². The number of carbonyl (C=O) groups is 1. The number of hydrogen-bond acceptors (Lipinski definition) is 4. The van der Waals surface area contributed by atoms with Crippen LogP contribution in [0.5, 0.6) is 0 Å². The molecule has 2 heterocycles. The first-order valence-electron chi connectivity index (χ1n) is 8.31. The normalized spacial score (nSPS) is 20.0. The van der Waals surface area contributed by atoms with E-state index >= 15 is 0 Å². The van der Waals surface area contributed by atoms with Crippen LogP contribution in [0.3, 0.4) is 0 Å². The minimum absolute atomic E-state index is 0.0166. The molecule has 0 bridgehead atoms. The van der Waals surface area contributed by atoms with Crippen molar-refractivity contribution in [3.05, 3.63) is 77.2 Å². The maximum Gasteiger partial charge on any atom is 0.265 e. The van der Waals surface area contributed by atoms with Crippen molar-refractivity contribution in [3.8, 4) is 11.3 Å². The van der Waals surface area contributed by atoms with Crippen molar-refractivity contribution in [3.63, 3.8) is 0 Å². The van der Waals surface area contributed by atoms with Gasteiger partial charge in [-0.05, 0) is 29.6 Å². The molecule has 1 aliphatic rings. The number of benzene rings is 2. The van der Waals surface area contributed by atoms with Gasteiger partial charge in [-0.2, -0.15) is 4.37 Å². The van der Waals surface area contributed by atoms with Gasteiger partial charge in [0.15, 0.2) is 0 Å². The van der Waals surface area contributed by atoms with Crippen LogP contribution in [0.25, 0.3) is 11.3 Å². The van der Waals surface area contributed by atoms with Gasteiger partial charge in [-0.1, -0.05) is 60.7 Å². The molecule has 0 saturated carbocycles. The zero-order chi connectivity index (χ0) is 17.3. The molecular formula is C20H19N3OS. The smallest absolute Gasteiger partial charge is 0.265 e. The zero-order valence-electron chi connectivity index (χ0n) is 13.8. The summed E-state index contributed by atoms with van der Waals surface area (Å²) in [7, 11) is 0. The summed E-state index contributed by atoms with van der Waals surface area (Å²) in [6, 6.07) is 21.8. The van der Waals surface area contributed by atoms with Crippen molar-refractivity contribution in [2.75, 3.05) is 13.1 Å². The number of nitrogens with zero attached hydrogens (tertiary/aromatic N) is 2. The van der Waals surface area contributed by atoms with Gasteiger partial charge < -0.3 is 10.6 Å². The minimum Gasteiger partial charge on any atom is -0.336 e. The summed E-state index contributed by atoms with van der Waals surface area (Å²) in [6.45, 7) is 1.21. The van der Waals surface area contributed by atoms with Gasteiger partial charge in [0.05, 0.1) is 11.2 Å². The number of aromatic nitrogens is 1. The van der Waals surface area contributed by atoms with Gasteiger partial charge in [-0.15, -0.1) is 0 Å². The summed E-state index contributed by atoms with van der Waals surface area (Å²) in [6.07, 6.45) is 0.771. The first-order valence-corrected chi connectivity index (χ1v) is 9.09. The Bertz CT molecular complexity index is 878. The van der Waals surface area contributed by atoms with Gasteiger partial charge in [0.1, 0.15) is 4.88 Å². The molecule has 1 fully saturated rings. The van der Waals surface area contributed by atoms with Crippen molar-refractivity contribution >= 4 is 17.4 Å². The molecule has 2 aromatic carbocycles. The van der Waals surface area contributed by atoms with E-state index in [2.05, 4.69) is 4.37 Å². The quantitative estimate of drug-likeness (QED) is 0.787. The molecule has 5 heteroatoms. The van der Waals surface area contributed by atoms with E-state index < -0.39 is 5.54 Å². The number of rotatable bonds is 3. The van der Waals surface area contributed by atoms with E-state index in [0.717, 1.165) is 23.2 Å². The number of amides is 1. The Balaban J connectivity index is 1.52. The second-order valence-electron chi connectivity index (χ2n) is 6.44. The molecular weight excluding hydrogens is 330 g/mol. The zero-order valence-corrected chi connectivity index (χ0v) is 14.6. The van der Waals surface area contributed by atoms with Crippen molar-refractivity contribution in [1.82, 2.24) is 9.27 Å². The van der Waals surface area contributed by atoms with Gasteiger partial charge >= 0.3 is 0 Å². The third-order valence-corrected chi connectivity index (χ3v) is 5.50. The van der Waals surface area contributed by atoms with Crippen LogP contribution in [0.15, 0.2) is 66.7 Å². The fraction of sp³-hybridized carbons (Fsp3) is 0.200. The molecule has 1 saturated heterocycles. The minimum atomic E-state index is -0.468. The van der Waals surface area contributed by atoms with Gasteiger partial charge in [-0.3, -0.25) is 4.79 Å². The van der Waals surface area contributed by atoms with Crippen LogP contribution in [0.4, 0.5) is 0 Å². The number of hydrogen-bond donors (Lipinski definition) is 1. The fourth-order valence-corrected chi connectivity index (χ4v) is 4.02. The lowest BCUT2D eigenvalue weighted by Gasteiger charge is -2.25. The van der Waals surface area contributed by atoms with Crippen LogP contribution in [0, 0.1) is 0 Å². The first-order chi connectivity index (χ1) is 12.2. The summed E-state index contributed by atoms with van der Waals surface area (Å²) in [4.78, 5) is 15.4. The maximum absolute atomic E-state index is 12.9. The third-order valence-electron chi connectivity index (χ3n) is 4.73. The Kier molecular flexibility index (Phi) is 4.11. The lowest BCUT2D eigenvalue weighted by Crippen LogP contribution is -2.41. The second kappa shape index (κ2) is 6.43. The SMILES string of the molecule is NC1(c2ccccc2)CCN(C(=O)c2cc(-c3ccccc3)ns2)C1. The van der Waals surface area contributed by atoms with Crippen LogP contribution in [0.1, 0.15) is 21.7 Å². The van der Waals surface area contributed by atoms with Crippen molar-refractivity contribution < 1.29 is 4.79 Å². The Labute approximate surface area is 151 Å². The largest absolute Gasteiger partial charge is 0.336 e. The van der Waals surface area contributed by atoms with E-state index in [1.54, 1.807) is 0 Å². The van der Waals surface area contributed by atoms with Crippen molar-refractivity contribution in [1.29, 1.82) is 0 Å². The summed E-state index contributed by atoms with van der Waals surface area (Å²) in [5, 5.41) is 0. The van der Waals surface area contributed by atoms with E-state index in [0.29, 0.717) is 18.0 Å². The van der Waals surface area contributed by atoms with Crippen molar-refractivity contribution in [2.45, 2.75) is 12.0 Å². The van der Waals surface area contributed by atoms with Crippen molar-refractivity contribution in [2.24, 2.45) is 5.73 Å². The van der Waals surface area contributed by atoms with E-state index in [4.69, 9.17) is 5.73 Å². The Morgan fingerprint density at radius 1 is 1.08 bits per heavy atom. The molecule has 4 rings (SSSR count). The molecule has 25 heavy (non-hydrogen) atoms. The molecule has 1 unspecified atom stereocenters. The molecule has 3 aromatic rings. The monoisotopic (exact) mass is 349 g/mol. The highest BCUT2D eigenvalue weighted by atomic mass is 32.1. The van der Waals surface area contributed by atoms with Crippen LogP contribution >= 0.6 is 11.5 Å². The second-order valence-corrected chi connectivity index (χ2v) is 7.25. The Hall–Kier alpha value is -2.50. The molecule has 2 N–H and O–H groups in total. The van der Waals surface area contributed by atoms with Crippen LogP contribution in [-0.2, 0) is 5.54 Å². The topological polar surface area (TPSA) is 59.2 Å². The van der Waals surface area contributed by atoms with E-state index in [1.807, 2.05) is 71.6 Å². The van der Waals surface area contributed by atoms with E-state index in [1.165, 1.54) is 11.5 Å². The molecule has 126 valence electrons. The fourth-order valence-electron chi connectivity index (χ4n) is 3.29. The summed E-state index contributed by atoms with van der Waals surface area (Å²) in [5.41, 5.74) is 9.06. The Morgan fingerprint density at radius 3 is 2.48 bits per heavy atom. The summed E-state index contributed by atoms with van der Waals surface area (Å²) < 4.78 is 4.44. The highest BCUT2D eigenvalue weighted by molar-refractivity contribution is 7.08. The Morgan fingerprint density at radius 2 is 1.76 bits per heavy atom. The molecule has 1 amide bonds. The average molecular weight is 349 g/mol. The number of nitrogens with two attached hydrogens (primary N) is 1. The predicted molar refractivity (Wildman–Crippen MR) is 100 cm³/mol. The molecule has 4 nitrogen and oxygen atoms in total. The first kappa shape index (κ1) is 16.0. The van der Waals surface area contributed by atoms with Gasteiger partial charge in [0.2, 0.25) is 0 Å². The lowest BCUT2D eigenvalue weighted by atomic mass is 9.90. The maximum atomic E-state index is 12.9.